The Hall–Kier alpha value is -0.300. The van der Waals surface area contributed by atoms with E-state index in [9.17, 15) is 0 Å². The fraction of sp³-hybridized carbons (Fsp3) is 0.500. The summed E-state index contributed by atoms with van der Waals surface area (Å²) in [7, 11) is 0. The zero-order valence-electron chi connectivity index (χ0n) is 5.92. The molecule has 1 aromatic heterocycles. The summed E-state index contributed by atoms with van der Waals surface area (Å²) in [6.07, 6.45) is 1.25. The van der Waals surface area contributed by atoms with Crippen LogP contribution < -0.4 is 0 Å². The molecule has 1 heteroatoms. The Labute approximate surface area is 60.5 Å². The van der Waals surface area contributed by atoms with Gasteiger partial charge in [0.1, 0.15) is 0 Å². The molecule has 0 aliphatic rings. The predicted molar refractivity (Wildman–Crippen MR) is 43.0 cm³/mol. The molecule has 0 fully saturated rings. The van der Waals surface area contributed by atoms with Gasteiger partial charge in [0, 0.05) is 0 Å². The van der Waals surface area contributed by atoms with E-state index in [2.05, 4.69) is 30.7 Å². The van der Waals surface area contributed by atoms with Gasteiger partial charge in [0.25, 0.3) is 0 Å². The van der Waals surface area contributed by atoms with Crippen LogP contribution in [0.25, 0.3) is 0 Å². The van der Waals surface area contributed by atoms with Gasteiger partial charge in [-0.2, -0.15) is 11.3 Å². The first kappa shape index (κ1) is 6.81. The fourth-order valence-corrected chi connectivity index (χ4v) is 1.57. The Kier molecular flexibility index (Phi) is 2.29. The number of hydrogen-bond donors (Lipinski definition) is 0. The first-order chi connectivity index (χ1) is 4.34. The Morgan fingerprint density at radius 1 is 1.67 bits per heavy atom. The fourth-order valence-electron chi connectivity index (χ4n) is 0.791. The lowest BCUT2D eigenvalue weighted by Crippen LogP contribution is -1.85. The van der Waals surface area contributed by atoms with Crippen LogP contribution in [0, 0.1) is 0 Å². The molecular formula is C8H12S. The van der Waals surface area contributed by atoms with Crippen molar-refractivity contribution in [3.8, 4) is 0 Å². The van der Waals surface area contributed by atoms with Crippen LogP contribution in [-0.4, -0.2) is 0 Å². The molecule has 0 aliphatic heterocycles. The summed E-state index contributed by atoms with van der Waals surface area (Å²) in [5.74, 6) is 0.747. The van der Waals surface area contributed by atoms with E-state index in [0.29, 0.717) is 0 Å². The Morgan fingerprint density at radius 3 is 2.89 bits per heavy atom. The van der Waals surface area contributed by atoms with Gasteiger partial charge >= 0.3 is 0 Å². The van der Waals surface area contributed by atoms with Crippen LogP contribution in [0.3, 0.4) is 0 Å². The minimum Gasteiger partial charge on any atom is -0.152 e. The van der Waals surface area contributed by atoms with Crippen molar-refractivity contribution in [2.24, 2.45) is 0 Å². The predicted octanol–water partition coefficient (Wildman–Crippen LogP) is 3.26. The van der Waals surface area contributed by atoms with E-state index in [1.807, 2.05) is 0 Å². The van der Waals surface area contributed by atoms with Gasteiger partial charge in [-0.05, 0) is 34.7 Å². The molecule has 0 radical (unpaired) electrons. The first-order valence-corrected chi connectivity index (χ1v) is 4.31. The van der Waals surface area contributed by atoms with Gasteiger partial charge in [-0.15, -0.1) is 0 Å². The summed E-state index contributed by atoms with van der Waals surface area (Å²) >= 11 is 1.78. The molecule has 0 saturated heterocycles. The van der Waals surface area contributed by atoms with Crippen molar-refractivity contribution in [1.29, 1.82) is 0 Å². The van der Waals surface area contributed by atoms with E-state index >= 15 is 0 Å². The molecule has 0 aromatic carbocycles. The van der Waals surface area contributed by atoms with Crippen LogP contribution in [0.1, 0.15) is 31.7 Å². The van der Waals surface area contributed by atoms with E-state index in [0.717, 1.165) is 5.92 Å². The molecule has 0 amide bonds. The van der Waals surface area contributed by atoms with Crippen LogP contribution in [-0.2, 0) is 0 Å². The molecule has 1 atom stereocenters. The van der Waals surface area contributed by atoms with Gasteiger partial charge in [0.15, 0.2) is 0 Å². The van der Waals surface area contributed by atoms with Crippen LogP contribution >= 0.6 is 11.3 Å². The Bertz CT molecular complexity index is 153. The van der Waals surface area contributed by atoms with Crippen molar-refractivity contribution >= 4 is 11.3 Å². The highest BCUT2D eigenvalue weighted by molar-refractivity contribution is 7.07. The van der Waals surface area contributed by atoms with Gasteiger partial charge in [-0.3, -0.25) is 0 Å². The summed E-state index contributed by atoms with van der Waals surface area (Å²) in [6.45, 7) is 4.49. The van der Waals surface area contributed by atoms with Crippen LogP contribution in [0.5, 0.6) is 0 Å². The second-order valence-electron chi connectivity index (χ2n) is 2.37. The summed E-state index contributed by atoms with van der Waals surface area (Å²) < 4.78 is 0. The van der Waals surface area contributed by atoms with E-state index in [1.54, 1.807) is 11.3 Å². The maximum absolute atomic E-state index is 2.27. The van der Waals surface area contributed by atoms with Gasteiger partial charge < -0.3 is 0 Å². The molecule has 1 heterocycles. The van der Waals surface area contributed by atoms with Gasteiger partial charge in [0.05, 0.1) is 0 Å². The average molecular weight is 140 g/mol. The standard InChI is InChI=1S/C8H12S/c1-3-7(2)8-4-5-9-6-8/h4-7H,3H2,1-2H3. The third kappa shape index (κ3) is 1.55. The van der Waals surface area contributed by atoms with Crippen molar-refractivity contribution in [2.45, 2.75) is 26.2 Å². The molecule has 50 valence electrons. The van der Waals surface area contributed by atoms with Crippen LogP contribution in [0.15, 0.2) is 16.8 Å². The lowest BCUT2D eigenvalue weighted by molar-refractivity contribution is 0.737. The molecule has 0 saturated carbocycles. The van der Waals surface area contributed by atoms with Crippen molar-refractivity contribution in [2.75, 3.05) is 0 Å². The smallest absolute Gasteiger partial charge is 0.00585 e. The van der Waals surface area contributed by atoms with E-state index in [1.165, 1.54) is 12.0 Å². The first-order valence-electron chi connectivity index (χ1n) is 3.36. The topological polar surface area (TPSA) is 0 Å². The summed E-state index contributed by atoms with van der Waals surface area (Å²) in [4.78, 5) is 0. The third-order valence-corrected chi connectivity index (χ3v) is 2.43. The molecule has 0 nitrogen and oxygen atoms in total. The molecule has 1 aromatic rings. The highest BCUT2D eigenvalue weighted by Crippen LogP contribution is 2.20. The quantitative estimate of drug-likeness (QED) is 0.591. The highest BCUT2D eigenvalue weighted by Gasteiger charge is 2.00. The van der Waals surface area contributed by atoms with Gasteiger partial charge in [-0.1, -0.05) is 13.8 Å². The molecule has 0 spiro atoms. The summed E-state index contributed by atoms with van der Waals surface area (Å²) in [5, 5.41) is 4.37. The van der Waals surface area contributed by atoms with Crippen molar-refractivity contribution in [1.82, 2.24) is 0 Å². The average Bonchev–Trinajstić information content (AvgIpc) is 2.37. The maximum Gasteiger partial charge on any atom is -0.00585 e. The molecule has 1 unspecified atom stereocenters. The van der Waals surface area contributed by atoms with Crippen molar-refractivity contribution in [3.05, 3.63) is 22.4 Å². The summed E-state index contributed by atoms with van der Waals surface area (Å²) in [6, 6.07) is 2.21. The lowest BCUT2D eigenvalue weighted by atomic mass is 10.0. The Morgan fingerprint density at radius 2 is 2.44 bits per heavy atom. The summed E-state index contributed by atoms with van der Waals surface area (Å²) in [5.41, 5.74) is 1.49. The van der Waals surface area contributed by atoms with Crippen molar-refractivity contribution in [3.63, 3.8) is 0 Å². The van der Waals surface area contributed by atoms with E-state index in [4.69, 9.17) is 0 Å². The van der Waals surface area contributed by atoms with Crippen molar-refractivity contribution < 1.29 is 0 Å². The zero-order chi connectivity index (χ0) is 6.69. The highest BCUT2D eigenvalue weighted by atomic mass is 32.1. The van der Waals surface area contributed by atoms with Crippen LogP contribution in [0.4, 0.5) is 0 Å². The van der Waals surface area contributed by atoms with Gasteiger partial charge in [-0.25, -0.2) is 0 Å². The molecule has 0 N–H and O–H groups in total. The molecule has 9 heavy (non-hydrogen) atoms. The maximum atomic E-state index is 2.27. The van der Waals surface area contributed by atoms with Gasteiger partial charge in [0.2, 0.25) is 0 Å². The zero-order valence-corrected chi connectivity index (χ0v) is 6.74. The molecule has 0 bridgehead atoms. The second-order valence-corrected chi connectivity index (χ2v) is 3.15. The Balaban J connectivity index is 2.65. The minimum absolute atomic E-state index is 0.747. The normalized spacial score (nSPS) is 13.6. The monoisotopic (exact) mass is 140 g/mol. The minimum atomic E-state index is 0.747. The number of rotatable bonds is 2. The lowest BCUT2D eigenvalue weighted by Gasteiger charge is -2.02. The van der Waals surface area contributed by atoms with Crippen LogP contribution in [0.2, 0.25) is 0 Å². The number of hydrogen-bond acceptors (Lipinski definition) is 1. The van der Waals surface area contributed by atoms with E-state index in [-0.39, 0.29) is 0 Å². The second kappa shape index (κ2) is 3.02. The largest absolute Gasteiger partial charge is 0.152 e. The number of thiophene rings is 1. The third-order valence-electron chi connectivity index (χ3n) is 1.72. The van der Waals surface area contributed by atoms with E-state index < -0.39 is 0 Å². The SMILES string of the molecule is CCC(C)c1ccsc1. The molecule has 0 aliphatic carbocycles. The molecule has 1 rings (SSSR count). The molecular weight excluding hydrogens is 128 g/mol.